The lowest BCUT2D eigenvalue weighted by Crippen LogP contribution is -2.62. The highest BCUT2D eigenvalue weighted by Crippen LogP contribution is 2.49. The van der Waals surface area contributed by atoms with Crippen LogP contribution in [-0.2, 0) is 0 Å². The standard InChI is InChI=1S/C32H30Br4N2O4/c1-6-11-41-29-22(34)13-20-23(19-12-21(33)26(39)24(35)27(19)42-28(20)25(29)36)17-9-7-8-10-18(17)30(40)37-16-14-31(2,3)38-32(4,5)15-16/h6-10,12-13,16,38H,1,11,14-15H2,2-5H3,(H,37,40). The molecule has 2 heterocycles. The summed E-state index contributed by atoms with van der Waals surface area (Å²) in [6.45, 7) is 12.7. The molecule has 0 bridgehead atoms. The molecule has 0 saturated carbocycles. The van der Waals surface area contributed by atoms with Crippen LogP contribution in [0.15, 0.2) is 76.2 Å². The van der Waals surface area contributed by atoms with Gasteiger partial charge in [-0.25, -0.2) is 0 Å². The Hall–Kier alpha value is -1.98. The minimum absolute atomic E-state index is 0.00441. The zero-order chi connectivity index (χ0) is 30.6. The smallest absolute Gasteiger partial charge is 0.252 e. The molecule has 0 radical (unpaired) electrons. The summed E-state index contributed by atoms with van der Waals surface area (Å²) in [4.78, 5) is 27.0. The summed E-state index contributed by atoms with van der Waals surface area (Å²) in [5.74, 6) is 0.739. The van der Waals surface area contributed by atoms with Crippen molar-refractivity contribution in [1.82, 2.24) is 10.6 Å². The van der Waals surface area contributed by atoms with Gasteiger partial charge in [0.25, 0.3) is 5.91 Å². The molecule has 42 heavy (non-hydrogen) atoms. The van der Waals surface area contributed by atoms with Crippen LogP contribution in [0.4, 0.5) is 0 Å². The second-order valence-electron chi connectivity index (χ2n) is 11.9. The molecule has 5 rings (SSSR count). The van der Waals surface area contributed by atoms with Crippen molar-refractivity contribution in [2.24, 2.45) is 0 Å². The lowest BCUT2D eigenvalue weighted by atomic mass is 9.79. The van der Waals surface area contributed by atoms with Gasteiger partial charge in [-0.1, -0.05) is 30.9 Å². The maximum Gasteiger partial charge on any atom is 0.252 e. The summed E-state index contributed by atoms with van der Waals surface area (Å²) < 4.78 is 14.2. The van der Waals surface area contributed by atoms with Gasteiger partial charge in [-0.3, -0.25) is 9.59 Å². The Morgan fingerprint density at radius 3 is 2.38 bits per heavy atom. The Balaban J connectivity index is 1.75. The van der Waals surface area contributed by atoms with Crippen LogP contribution in [0.2, 0.25) is 0 Å². The predicted molar refractivity (Wildman–Crippen MR) is 183 cm³/mol. The second kappa shape index (κ2) is 11.8. The Kier molecular flexibility index (Phi) is 8.86. The third-order valence-electron chi connectivity index (χ3n) is 7.32. The average Bonchev–Trinajstić information content (AvgIpc) is 2.89. The number of carbonyl (C=O) groups is 1. The minimum atomic E-state index is -0.241. The van der Waals surface area contributed by atoms with E-state index in [1.807, 2.05) is 30.3 Å². The molecule has 2 aliphatic heterocycles. The van der Waals surface area contributed by atoms with Crippen molar-refractivity contribution in [3.05, 3.63) is 82.7 Å². The van der Waals surface area contributed by atoms with E-state index in [-0.39, 0.29) is 39.5 Å². The molecular formula is C32H30Br4N2O4. The van der Waals surface area contributed by atoms with Crippen molar-refractivity contribution in [1.29, 1.82) is 0 Å². The number of rotatable bonds is 6. The molecule has 1 saturated heterocycles. The molecule has 10 heteroatoms. The van der Waals surface area contributed by atoms with E-state index in [1.54, 1.807) is 12.1 Å². The van der Waals surface area contributed by atoms with Crippen molar-refractivity contribution in [2.45, 2.75) is 57.7 Å². The first-order valence-corrected chi connectivity index (χ1v) is 16.6. The highest BCUT2D eigenvalue weighted by Gasteiger charge is 2.38. The highest BCUT2D eigenvalue weighted by atomic mass is 79.9. The van der Waals surface area contributed by atoms with E-state index in [1.165, 1.54) is 0 Å². The van der Waals surface area contributed by atoms with E-state index >= 15 is 0 Å². The van der Waals surface area contributed by atoms with Gasteiger partial charge in [0.15, 0.2) is 17.1 Å². The van der Waals surface area contributed by atoms with Crippen LogP contribution in [0.25, 0.3) is 33.4 Å². The van der Waals surface area contributed by atoms with E-state index in [9.17, 15) is 9.59 Å². The van der Waals surface area contributed by atoms with Gasteiger partial charge in [-0.05, 0) is 128 Å². The summed E-state index contributed by atoms with van der Waals surface area (Å²) >= 11 is 14.2. The van der Waals surface area contributed by atoms with Gasteiger partial charge in [0, 0.05) is 39.2 Å². The number of fused-ring (bicyclic) bond motifs is 2. The van der Waals surface area contributed by atoms with Gasteiger partial charge in [0.2, 0.25) is 5.43 Å². The molecule has 0 unspecified atom stereocenters. The van der Waals surface area contributed by atoms with Crippen molar-refractivity contribution in [3.8, 4) is 28.2 Å². The van der Waals surface area contributed by atoms with Crippen LogP contribution >= 0.6 is 63.7 Å². The number of nitrogens with one attached hydrogen (secondary N) is 2. The van der Waals surface area contributed by atoms with Crippen LogP contribution < -0.4 is 20.8 Å². The van der Waals surface area contributed by atoms with Crippen LogP contribution in [-0.4, -0.2) is 29.6 Å². The third-order valence-corrected chi connectivity index (χ3v) is 9.94. The average molecular weight is 826 g/mol. The van der Waals surface area contributed by atoms with Crippen LogP contribution in [0, 0.1) is 0 Å². The van der Waals surface area contributed by atoms with E-state index in [2.05, 4.69) is 109 Å². The summed E-state index contributed by atoms with van der Waals surface area (Å²) in [5, 5.41) is 7.73. The normalized spacial score (nSPS) is 16.5. The number of benzene rings is 3. The van der Waals surface area contributed by atoms with Gasteiger partial charge in [0.05, 0.1) is 8.95 Å². The van der Waals surface area contributed by atoms with Gasteiger partial charge in [0.1, 0.15) is 15.6 Å². The van der Waals surface area contributed by atoms with Crippen LogP contribution in [0.5, 0.6) is 5.75 Å². The first-order chi connectivity index (χ1) is 19.7. The maximum atomic E-state index is 14.0. The van der Waals surface area contributed by atoms with E-state index in [0.29, 0.717) is 47.2 Å². The Morgan fingerprint density at radius 1 is 1.05 bits per heavy atom. The molecule has 1 fully saturated rings. The summed E-state index contributed by atoms with van der Waals surface area (Å²) in [7, 11) is 0. The SMILES string of the molecule is C=CCOc1c(Br)cc2c(-c3ccccc3C(=O)NC3CC(C)(C)NC(C)(C)C3)c3cc(Br)c(=O)c(Br)c-3oc2c1Br. The molecule has 0 spiro atoms. The molecule has 6 nitrogen and oxygen atoms in total. The molecule has 2 aromatic carbocycles. The zero-order valence-corrected chi connectivity index (χ0v) is 29.9. The molecule has 2 aromatic rings. The monoisotopic (exact) mass is 822 g/mol. The van der Waals surface area contributed by atoms with Gasteiger partial charge in [-0.2, -0.15) is 0 Å². The molecule has 0 aromatic heterocycles. The van der Waals surface area contributed by atoms with Crippen LogP contribution in [0.1, 0.15) is 50.9 Å². The number of piperidine rings is 1. The summed E-state index contributed by atoms with van der Waals surface area (Å²) in [5.41, 5.74) is 2.65. The van der Waals surface area contributed by atoms with Gasteiger partial charge < -0.3 is 19.8 Å². The lowest BCUT2D eigenvalue weighted by Gasteiger charge is -2.46. The summed E-state index contributed by atoms with van der Waals surface area (Å²) in [6.07, 6.45) is 3.27. The minimum Gasteiger partial charge on any atom is -0.487 e. The second-order valence-corrected chi connectivity index (χ2v) is 15.1. The van der Waals surface area contributed by atoms with E-state index in [0.717, 1.165) is 23.8 Å². The number of ether oxygens (including phenoxy) is 1. The molecule has 220 valence electrons. The number of halogens is 4. The molecule has 1 aliphatic carbocycles. The Bertz CT molecular complexity index is 1750. The van der Waals surface area contributed by atoms with Crippen LogP contribution in [0.3, 0.4) is 0 Å². The Morgan fingerprint density at radius 2 is 1.71 bits per heavy atom. The highest BCUT2D eigenvalue weighted by molar-refractivity contribution is 9.11. The third kappa shape index (κ3) is 6.02. The summed E-state index contributed by atoms with van der Waals surface area (Å²) in [6, 6.07) is 11.2. The first kappa shape index (κ1) is 31.4. The Labute approximate surface area is 278 Å². The van der Waals surface area contributed by atoms with Gasteiger partial charge in [-0.15, -0.1) is 0 Å². The number of hydrogen-bond acceptors (Lipinski definition) is 5. The van der Waals surface area contributed by atoms with Crippen molar-refractivity contribution < 1.29 is 13.9 Å². The zero-order valence-electron chi connectivity index (χ0n) is 23.6. The van der Waals surface area contributed by atoms with Crippen molar-refractivity contribution in [2.75, 3.05) is 6.61 Å². The number of amides is 1. The molecule has 0 atom stereocenters. The number of carbonyl (C=O) groups excluding carboxylic acids is 1. The molecule has 2 N–H and O–H groups in total. The largest absolute Gasteiger partial charge is 0.487 e. The maximum absolute atomic E-state index is 14.0. The number of hydrogen-bond donors (Lipinski definition) is 2. The topological polar surface area (TPSA) is 80.6 Å². The van der Waals surface area contributed by atoms with E-state index in [4.69, 9.17) is 9.15 Å². The molecule has 1 amide bonds. The molecule has 3 aliphatic rings. The van der Waals surface area contributed by atoms with Crippen molar-refractivity contribution >= 4 is 80.6 Å². The first-order valence-electron chi connectivity index (χ1n) is 13.4. The van der Waals surface area contributed by atoms with E-state index < -0.39 is 0 Å². The van der Waals surface area contributed by atoms with Crippen molar-refractivity contribution in [3.63, 3.8) is 0 Å². The fourth-order valence-electron chi connectivity index (χ4n) is 6.14. The fourth-order valence-corrected chi connectivity index (χ4v) is 8.77. The lowest BCUT2D eigenvalue weighted by molar-refractivity contribution is 0.0874. The molecular weight excluding hydrogens is 796 g/mol. The van der Waals surface area contributed by atoms with Gasteiger partial charge >= 0.3 is 0 Å². The quantitative estimate of drug-likeness (QED) is 0.150. The predicted octanol–water partition coefficient (Wildman–Crippen LogP) is 9.22. The fraction of sp³-hybridized carbons (Fsp3) is 0.312.